The molecule has 0 radical (unpaired) electrons. The van der Waals surface area contributed by atoms with Crippen molar-refractivity contribution in [3.63, 3.8) is 0 Å². The van der Waals surface area contributed by atoms with Gasteiger partial charge in [0.05, 0.1) is 15.3 Å². The molecule has 1 aliphatic carbocycles. The number of Topliss-reactive ketones (excluding diaryl/α,β-unsaturated/α-hetero) is 1. The van der Waals surface area contributed by atoms with E-state index >= 15 is 0 Å². The summed E-state index contributed by atoms with van der Waals surface area (Å²) in [6, 6.07) is 11.8. The lowest BCUT2D eigenvalue weighted by Crippen LogP contribution is -2.16. The fourth-order valence-corrected chi connectivity index (χ4v) is 3.56. The average molecular weight is 307 g/mol. The molecule has 0 saturated heterocycles. The van der Waals surface area contributed by atoms with E-state index in [4.69, 9.17) is 16.3 Å². The van der Waals surface area contributed by atoms with Crippen LogP contribution in [-0.2, 0) is 11.2 Å². The first-order valence-electron chi connectivity index (χ1n) is 6.72. The minimum Gasteiger partial charge on any atom is -0.365 e. The van der Waals surface area contributed by atoms with Crippen LogP contribution in [0.2, 0.25) is 4.34 Å². The summed E-state index contributed by atoms with van der Waals surface area (Å²) in [7, 11) is 0. The zero-order valence-electron chi connectivity index (χ0n) is 11.0. The normalized spacial score (nSPS) is 17.8. The second kappa shape index (κ2) is 6.08. The fourth-order valence-electron chi connectivity index (χ4n) is 2.59. The van der Waals surface area contributed by atoms with E-state index in [0.717, 1.165) is 19.3 Å². The molecule has 0 amide bonds. The third kappa shape index (κ3) is 2.95. The van der Waals surface area contributed by atoms with E-state index < -0.39 is 0 Å². The quantitative estimate of drug-likeness (QED) is 0.767. The highest BCUT2D eigenvalue weighted by atomic mass is 35.5. The number of rotatable bonds is 4. The van der Waals surface area contributed by atoms with Crippen LogP contribution >= 0.6 is 22.9 Å². The summed E-state index contributed by atoms with van der Waals surface area (Å²) in [6.07, 6.45) is 3.24. The summed E-state index contributed by atoms with van der Waals surface area (Å²) in [4.78, 5) is 12.7. The molecule has 104 valence electrons. The zero-order chi connectivity index (χ0) is 13.9. The van der Waals surface area contributed by atoms with E-state index in [1.54, 1.807) is 12.1 Å². The van der Waals surface area contributed by atoms with Crippen LogP contribution in [0.4, 0.5) is 0 Å². The molecule has 0 spiro atoms. The van der Waals surface area contributed by atoms with Gasteiger partial charge < -0.3 is 4.74 Å². The number of thiophene rings is 1. The molecule has 0 N–H and O–H groups in total. The van der Waals surface area contributed by atoms with Gasteiger partial charge in [0.25, 0.3) is 0 Å². The van der Waals surface area contributed by atoms with Crippen molar-refractivity contribution in [2.45, 2.75) is 25.4 Å². The Hall–Kier alpha value is -1.16. The predicted octanol–water partition coefficient (Wildman–Crippen LogP) is 4.68. The second-order valence-corrected chi connectivity index (χ2v) is 6.63. The number of carbonyl (C=O) groups excluding carboxylic acids is 1. The molecule has 4 heteroatoms. The van der Waals surface area contributed by atoms with Crippen molar-refractivity contribution >= 4 is 28.7 Å². The summed E-state index contributed by atoms with van der Waals surface area (Å²) in [5.74, 6) is 0.00459. The molecule has 0 fully saturated rings. The van der Waals surface area contributed by atoms with Gasteiger partial charge in [-0.3, -0.25) is 4.79 Å². The fraction of sp³-hybridized carbons (Fsp3) is 0.312. The molecule has 1 unspecified atom stereocenters. The molecular weight excluding hydrogens is 292 g/mol. The van der Waals surface area contributed by atoms with Crippen LogP contribution in [0.5, 0.6) is 0 Å². The van der Waals surface area contributed by atoms with Crippen molar-refractivity contribution in [2.75, 3.05) is 6.61 Å². The first kappa shape index (κ1) is 13.8. The molecule has 1 aromatic heterocycles. The summed E-state index contributed by atoms with van der Waals surface area (Å²) in [5.41, 5.74) is 2.58. The zero-order valence-corrected chi connectivity index (χ0v) is 12.5. The van der Waals surface area contributed by atoms with E-state index in [1.807, 2.05) is 6.07 Å². The van der Waals surface area contributed by atoms with Gasteiger partial charge in [-0.2, -0.15) is 0 Å². The first-order valence-corrected chi connectivity index (χ1v) is 7.91. The topological polar surface area (TPSA) is 26.3 Å². The molecule has 0 bridgehead atoms. The van der Waals surface area contributed by atoms with Gasteiger partial charge in [0, 0.05) is 0 Å². The number of benzene rings is 1. The molecule has 1 atom stereocenters. The maximum atomic E-state index is 12.0. The van der Waals surface area contributed by atoms with Crippen molar-refractivity contribution in [3.8, 4) is 0 Å². The summed E-state index contributed by atoms with van der Waals surface area (Å²) >= 11 is 7.15. The van der Waals surface area contributed by atoms with Gasteiger partial charge in [-0.25, -0.2) is 0 Å². The van der Waals surface area contributed by atoms with Crippen LogP contribution in [0.3, 0.4) is 0 Å². The maximum Gasteiger partial charge on any atom is 0.198 e. The Morgan fingerprint density at radius 1 is 1.30 bits per heavy atom. The van der Waals surface area contributed by atoms with Crippen LogP contribution in [0, 0.1) is 0 Å². The molecule has 2 aromatic rings. The van der Waals surface area contributed by atoms with Crippen molar-refractivity contribution in [1.82, 2.24) is 0 Å². The highest BCUT2D eigenvalue weighted by molar-refractivity contribution is 7.18. The maximum absolute atomic E-state index is 12.0. The Kier molecular flexibility index (Phi) is 4.20. The standard InChI is InChI=1S/C16H15ClO2S/c17-16-9-8-15(20-16)13(18)10-19-14-7-3-5-11-4-1-2-6-12(11)14/h1-2,4,6,8-9,14H,3,5,7,10H2. The Labute approximate surface area is 127 Å². The number of aryl methyl sites for hydroxylation is 1. The van der Waals surface area contributed by atoms with Gasteiger partial charge in [-0.05, 0) is 42.5 Å². The van der Waals surface area contributed by atoms with Crippen LogP contribution in [0.15, 0.2) is 36.4 Å². The van der Waals surface area contributed by atoms with Gasteiger partial charge in [0.2, 0.25) is 0 Å². The predicted molar refractivity (Wildman–Crippen MR) is 81.7 cm³/mol. The lowest BCUT2D eigenvalue weighted by Gasteiger charge is -2.25. The minimum atomic E-state index is 0.00459. The van der Waals surface area contributed by atoms with Crippen molar-refractivity contribution in [2.24, 2.45) is 0 Å². The molecule has 0 saturated carbocycles. The number of hydrogen-bond acceptors (Lipinski definition) is 3. The number of ketones is 1. The van der Waals surface area contributed by atoms with E-state index in [2.05, 4.69) is 18.2 Å². The van der Waals surface area contributed by atoms with Crippen LogP contribution in [0.25, 0.3) is 0 Å². The number of ether oxygens (including phenoxy) is 1. The number of carbonyl (C=O) groups is 1. The van der Waals surface area contributed by atoms with Crippen molar-refractivity contribution < 1.29 is 9.53 Å². The summed E-state index contributed by atoms with van der Waals surface area (Å²) in [5, 5.41) is 0. The van der Waals surface area contributed by atoms with Gasteiger partial charge in [0.15, 0.2) is 5.78 Å². The summed E-state index contributed by atoms with van der Waals surface area (Å²) in [6.45, 7) is 0.121. The van der Waals surface area contributed by atoms with Gasteiger partial charge in [0.1, 0.15) is 6.61 Å². The number of halogens is 1. The Bertz CT molecular complexity index is 620. The van der Waals surface area contributed by atoms with E-state index in [1.165, 1.54) is 22.5 Å². The average Bonchev–Trinajstić information content (AvgIpc) is 2.91. The minimum absolute atomic E-state index is 0.00459. The van der Waals surface area contributed by atoms with Gasteiger partial charge in [-0.1, -0.05) is 35.9 Å². The van der Waals surface area contributed by atoms with Gasteiger partial charge >= 0.3 is 0 Å². The Morgan fingerprint density at radius 3 is 2.95 bits per heavy atom. The highest BCUT2D eigenvalue weighted by Gasteiger charge is 2.21. The van der Waals surface area contributed by atoms with Crippen molar-refractivity contribution in [1.29, 1.82) is 0 Å². The molecule has 2 nitrogen and oxygen atoms in total. The van der Waals surface area contributed by atoms with Crippen LogP contribution < -0.4 is 0 Å². The van der Waals surface area contributed by atoms with E-state index in [0.29, 0.717) is 9.21 Å². The third-order valence-electron chi connectivity index (χ3n) is 3.58. The molecule has 1 heterocycles. The Morgan fingerprint density at radius 2 is 2.15 bits per heavy atom. The summed E-state index contributed by atoms with van der Waals surface area (Å²) < 4.78 is 6.48. The SMILES string of the molecule is O=C(COC1CCCc2ccccc21)c1ccc(Cl)s1. The molecular formula is C16H15ClO2S. The molecule has 0 aliphatic heterocycles. The largest absolute Gasteiger partial charge is 0.365 e. The van der Waals surface area contributed by atoms with Gasteiger partial charge in [-0.15, -0.1) is 11.3 Å². The number of fused-ring (bicyclic) bond motifs is 1. The molecule has 20 heavy (non-hydrogen) atoms. The smallest absolute Gasteiger partial charge is 0.198 e. The van der Waals surface area contributed by atoms with Crippen LogP contribution in [0.1, 0.15) is 39.7 Å². The van der Waals surface area contributed by atoms with Crippen LogP contribution in [-0.4, -0.2) is 12.4 Å². The lowest BCUT2D eigenvalue weighted by molar-refractivity contribution is 0.0374. The van der Waals surface area contributed by atoms with E-state index in [9.17, 15) is 4.79 Å². The molecule has 1 aliphatic rings. The second-order valence-electron chi connectivity index (χ2n) is 4.92. The third-order valence-corrected chi connectivity index (χ3v) is 4.85. The van der Waals surface area contributed by atoms with Crippen molar-refractivity contribution in [3.05, 3.63) is 56.7 Å². The Balaban J connectivity index is 1.66. The highest BCUT2D eigenvalue weighted by Crippen LogP contribution is 2.32. The first-order chi connectivity index (χ1) is 9.74. The number of hydrogen-bond donors (Lipinski definition) is 0. The monoisotopic (exact) mass is 306 g/mol. The lowest BCUT2D eigenvalue weighted by atomic mass is 9.89. The molecule has 1 aromatic carbocycles. The molecule has 3 rings (SSSR count). The van der Waals surface area contributed by atoms with E-state index in [-0.39, 0.29) is 18.5 Å².